The zero-order chi connectivity index (χ0) is 5.82. The molecule has 10 heavy (non-hydrogen) atoms. The minimum atomic E-state index is 0. The van der Waals surface area contributed by atoms with Gasteiger partial charge in [-0.2, -0.15) is 0 Å². The summed E-state index contributed by atoms with van der Waals surface area (Å²) in [6.45, 7) is 0. The molecule has 1 heteroatoms. The summed E-state index contributed by atoms with van der Waals surface area (Å²) in [5, 5.41) is 0. The van der Waals surface area contributed by atoms with E-state index >= 15 is 0 Å². The third kappa shape index (κ3) is 3.35. The molecule has 1 radical (unpaired) electrons. The molecule has 0 unspecified atom stereocenters. The van der Waals surface area contributed by atoms with E-state index in [1.165, 1.54) is 0 Å². The van der Waals surface area contributed by atoms with E-state index in [0.29, 0.717) is 0 Å². The van der Waals surface area contributed by atoms with E-state index in [2.05, 4.69) is 5.92 Å². The van der Waals surface area contributed by atoms with E-state index in [4.69, 9.17) is 6.42 Å². The van der Waals surface area contributed by atoms with Crippen LogP contribution in [0.5, 0.6) is 0 Å². The molecule has 0 spiro atoms. The van der Waals surface area contributed by atoms with Crippen molar-refractivity contribution in [2.75, 3.05) is 0 Å². The van der Waals surface area contributed by atoms with Crippen LogP contribution >= 0.6 is 0 Å². The Kier molecular flexibility index (Phi) is 7.72. The topological polar surface area (TPSA) is 0 Å². The van der Waals surface area contributed by atoms with Gasteiger partial charge in [0, 0.05) is 0 Å². The van der Waals surface area contributed by atoms with E-state index in [-0.39, 0.29) is 24.5 Å². The molecule has 1 aromatic carbocycles. The molecule has 0 nitrogen and oxygen atoms in total. The Balaban J connectivity index is 0. The Bertz CT molecular complexity index is 196. The standard InChI is InChI=1S/C8H5.CH3.Cu/c1-2-8-6-4-3-5-7-8;;/h3-7H;1H3;/q2*-1;+2. The normalized spacial score (nSPS) is 6.30. The zero-order valence-corrected chi connectivity index (χ0v) is 6.63. The zero-order valence-electron chi connectivity index (χ0n) is 5.69. The summed E-state index contributed by atoms with van der Waals surface area (Å²) < 4.78 is 0. The van der Waals surface area contributed by atoms with Gasteiger partial charge in [-0.05, 0) is 0 Å². The molecular formula is C9H8Cu. The molecule has 0 aliphatic heterocycles. The van der Waals surface area contributed by atoms with Gasteiger partial charge in [0.15, 0.2) is 0 Å². The van der Waals surface area contributed by atoms with Gasteiger partial charge in [-0.1, -0.05) is 18.2 Å². The fourth-order valence-electron chi connectivity index (χ4n) is 0.521. The van der Waals surface area contributed by atoms with Crippen LogP contribution in [0.1, 0.15) is 5.56 Å². The molecule has 0 aromatic heterocycles. The third-order valence-electron chi connectivity index (χ3n) is 0.918. The summed E-state index contributed by atoms with van der Waals surface area (Å²) >= 11 is 0. The van der Waals surface area contributed by atoms with Crippen LogP contribution in [0.25, 0.3) is 0 Å². The first-order valence-corrected chi connectivity index (χ1v) is 2.41. The van der Waals surface area contributed by atoms with E-state index in [1.54, 1.807) is 0 Å². The van der Waals surface area contributed by atoms with Crippen LogP contribution in [-0.2, 0) is 17.1 Å². The fraction of sp³-hybridized carbons (Fsp3) is 0. The molecule has 0 saturated carbocycles. The predicted octanol–water partition coefficient (Wildman–Crippen LogP) is 2.07. The quantitative estimate of drug-likeness (QED) is 0.325. The van der Waals surface area contributed by atoms with Gasteiger partial charge < -0.3 is 13.9 Å². The van der Waals surface area contributed by atoms with Crippen molar-refractivity contribution in [2.45, 2.75) is 0 Å². The van der Waals surface area contributed by atoms with Crippen molar-refractivity contribution in [3.8, 4) is 5.92 Å². The fourth-order valence-corrected chi connectivity index (χ4v) is 0.521. The van der Waals surface area contributed by atoms with Gasteiger partial charge >= 0.3 is 17.1 Å². The molecule has 0 N–H and O–H groups in total. The Morgan fingerprint density at radius 1 is 1.10 bits per heavy atom. The van der Waals surface area contributed by atoms with Crippen LogP contribution in [0.15, 0.2) is 30.3 Å². The molecule has 0 saturated heterocycles. The minimum Gasteiger partial charge on any atom is -0.366 e. The number of hydrogen-bond acceptors (Lipinski definition) is 0. The van der Waals surface area contributed by atoms with Crippen molar-refractivity contribution in [1.82, 2.24) is 0 Å². The maximum atomic E-state index is 6.69. The van der Waals surface area contributed by atoms with Crippen LogP contribution in [-0.4, -0.2) is 0 Å². The van der Waals surface area contributed by atoms with Crippen LogP contribution in [0.2, 0.25) is 0 Å². The molecule has 0 bridgehead atoms. The molecule has 0 aliphatic carbocycles. The van der Waals surface area contributed by atoms with Crippen molar-refractivity contribution < 1.29 is 17.1 Å². The Hall–Kier alpha value is -0.701. The van der Waals surface area contributed by atoms with E-state index in [0.717, 1.165) is 5.56 Å². The van der Waals surface area contributed by atoms with Gasteiger partial charge in [-0.3, -0.25) is 5.92 Å². The SMILES string of the molecule is [C-]#Cc1ccccc1.[CH3-].[Cu+2]. The van der Waals surface area contributed by atoms with Gasteiger partial charge in [0.1, 0.15) is 0 Å². The van der Waals surface area contributed by atoms with Crippen molar-refractivity contribution >= 4 is 0 Å². The Morgan fingerprint density at radius 3 is 1.90 bits per heavy atom. The van der Waals surface area contributed by atoms with Gasteiger partial charge in [0.05, 0.1) is 0 Å². The monoisotopic (exact) mass is 179 g/mol. The van der Waals surface area contributed by atoms with E-state index in [1.807, 2.05) is 30.3 Å². The summed E-state index contributed by atoms with van der Waals surface area (Å²) in [5.41, 5.74) is 0.826. The third-order valence-corrected chi connectivity index (χ3v) is 0.918. The molecule has 0 heterocycles. The van der Waals surface area contributed by atoms with Crippen molar-refractivity contribution in [2.24, 2.45) is 0 Å². The maximum absolute atomic E-state index is 6.69. The molecular weight excluding hydrogens is 172 g/mol. The summed E-state index contributed by atoms with van der Waals surface area (Å²) in [6.07, 6.45) is 6.69. The first-order valence-electron chi connectivity index (χ1n) is 2.41. The summed E-state index contributed by atoms with van der Waals surface area (Å²) in [7, 11) is 0. The van der Waals surface area contributed by atoms with Gasteiger partial charge in [-0.15, -0.1) is 17.7 Å². The van der Waals surface area contributed by atoms with E-state index in [9.17, 15) is 0 Å². The van der Waals surface area contributed by atoms with Crippen molar-refractivity contribution in [3.05, 3.63) is 49.7 Å². The first-order chi connectivity index (χ1) is 3.93. The molecule has 1 aromatic rings. The number of hydrogen-bond donors (Lipinski definition) is 0. The summed E-state index contributed by atoms with van der Waals surface area (Å²) in [5.74, 6) is 2.28. The van der Waals surface area contributed by atoms with Crippen LogP contribution in [0.3, 0.4) is 0 Å². The van der Waals surface area contributed by atoms with Crippen LogP contribution < -0.4 is 0 Å². The van der Waals surface area contributed by atoms with Crippen LogP contribution in [0, 0.1) is 19.8 Å². The van der Waals surface area contributed by atoms with E-state index < -0.39 is 0 Å². The van der Waals surface area contributed by atoms with Gasteiger partial charge in [0.2, 0.25) is 0 Å². The second kappa shape index (κ2) is 6.42. The second-order valence-electron chi connectivity index (χ2n) is 1.49. The Morgan fingerprint density at radius 2 is 1.60 bits per heavy atom. The minimum absolute atomic E-state index is 0. The van der Waals surface area contributed by atoms with Crippen molar-refractivity contribution in [1.29, 1.82) is 0 Å². The number of rotatable bonds is 0. The molecule has 0 atom stereocenters. The first kappa shape index (κ1) is 12.0. The molecule has 0 aliphatic rings. The van der Waals surface area contributed by atoms with Crippen LogP contribution in [0.4, 0.5) is 0 Å². The predicted molar refractivity (Wildman–Crippen MR) is 39.1 cm³/mol. The maximum Gasteiger partial charge on any atom is 2.00 e. The molecule has 55 valence electrons. The largest absolute Gasteiger partial charge is 2.00 e. The van der Waals surface area contributed by atoms with Gasteiger partial charge in [-0.25, -0.2) is 0 Å². The van der Waals surface area contributed by atoms with Crippen molar-refractivity contribution in [3.63, 3.8) is 0 Å². The second-order valence-corrected chi connectivity index (χ2v) is 1.49. The number of benzene rings is 1. The summed E-state index contributed by atoms with van der Waals surface area (Å²) in [6, 6.07) is 9.37. The Labute approximate surface area is 73.1 Å². The van der Waals surface area contributed by atoms with Gasteiger partial charge in [0.25, 0.3) is 0 Å². The molecule has 0 amide bonds. The molecule has 0 fully saturated rings. The average molecular weight is 180 g/mol. The average Bonchev–Trinajstić information content (AvgIpc) is 1.90. The summed E-state index contributed by atoms with van der Waals surface area (Å²) in [4.78, 5) is 0. The smallest absolute Gasteiger partial charge is 0.366 e. The molecule has 1 rings (SSSR count).